The molecule has 0 heterocycles. The quantitative estimate of drug-likeness (QED) is 0.218. The third-order valence-corrected chi connectivity index (χ3v) is 12.4. The van der Waals surface area contributed by atoms with Crippen molar-refractivity contribution in [2.24, 2.45) is 0 Å². The summed E-state index contributed by atoms with van der Waals surface area (Å²) < 4.78 is 6.59. The molecule has 3 aromatic carbocycles. The fourth-order valence-corrected chi connectivity index (χ4v) is 5.37. The lowest BCUT2D eigenvalue weighted by Crippen LogP contribution is -2.48. The Balaban J connectivity index is 1.76. The van der Waals surface area contributed by atoms with Gasteiger partial charge in [-0.15, -0.1) is 0 Å². The van der Waals surface area contributed by atoms with E-state index in [9.17, 15) is 4.79 Å². The topological polar surface area (TPSA) is 53.6 Å². The van der Waals surface area contributed by atoms with Crippen molar-refractivity contribution in [2.45, 2.75) is 77.4 Å². The van der Waals surface area contributed by atoms with Gasteiger partial charge in [-0.25, -0.2) is 4.79 Å². The molecule has 5 nitrogen and oxygen atoms in total. The van der Waals surface area contributed by atoms with Crippen molar-refractivity contribution in [2.75, 3.05) is 13.2 Å². The molecule has 3 rings (SSSR count). The van der Waals surface area contributed by atoms with Crippen LogP contribution in [0.25, 0.3) is 0 Å². The van der Waals surface area contributed by atoms with Gasteiger partial charge in [0.05, 0.1) is 6.04 Å². The fraction of sp³-hybridized carbons (Fsp3) is 0.424. The van der Waals surface area contributed by atoms with E-state index < -0.39 is 8.32 Å². The third-order valence-electron chi connectivity index (χ3n) is 7.84. The molecule has 0 unspecified atom stereocenters. The maximum atomic E-state index is 13.0. The average Bonchev–Trinajstić information content (AvgIpc) is 2.91. The lowest BCUT2D eigenvalue weighted by atomic mass is 10.1. The summed E-state index contributed by atoms with van der Waals surface area (Å²) in [7, 11) is -1.88. The molecule has 2 atom stereocenters. The lowest BCUT2D eigenvalue weighted by molar-refractivity contribution is 0.141. The first-order valence-corrected chi connectivity index (χ1v) is 17.0. The van der Waals surface area contributed by atoms with Gasteiger partial charge in [-0.1, -0.05) is 112 Å². The minimum absolute atomic E-state index is 0.0729. The highest BCUT2D eigenvalue weighted by molar-refractivity contribution is 6.74. The molecule has 0 radical (unpaired) electrons. The van der Waals surface area contributed by atoms with E-state index in [1.54, 1.807) is 0 Å². The number of urea groups is 1. The SMILES string of the molecule is C[C@H](NC(=O)NC[C@H](CCO[Si](C)(C)C(C)(C)C)N(Cc1ccccc1)Cc1ccccc1)c1ccccc1. The van der Waals surface area contributed by atoms with Crippen LogP contribution in [-0.2, 0) is 17.5 Å². The maximum Gasteiger partial charge on any atom is 0.315 e. The largest absolute Gasteiger partial charge is 0.417 e. The Kier molecular flexibility index (Phi) is 11.3. The van der Waals surface area contributed by atoms with Crippen molar-refractivity contribution in [1.29, 1.82) is 0 Å². The molecular formula is C33H47N3O2Si. The molecular weight excluding hydrogens is 498 g/mol. The second-order valence-corrected chi connectivity index (χ2v) is 16.7. The molecule has 210 valence electrons. The first-order chi connectivity index (χ1) is 18.5. The van der Waals surface area contributed by atoms with Gasteiger partial charge in [0.2, 0.25) is 0 Å². The summed E-state index contributed by atoms with van der Waals surface area (Å²) in [5, 5.41) is 6.43. The van der Waals surface area contributed by atoms with Crippen LogP contribution in [0.3, 0.4) is 0 Å². The molecule has 0 fully saturated rings. The van der Waals surface area contributed by atoms with E-state index in [0.29, 0.717) is 13.2 Å². The fourth-order valence-electron chi connectivity index (χ4n) is 4.31. The van der Waals surface area contributed by atoms with E-state index in [2.05, 4.69) is 110 Å². The number of nitrogens with zero attached hydrogens (tertiary/aromatic N) is 1. The number of nitrogens with one attached hydrogen (secondary N) is 2. The Morgan fingerprint density at radius 1 is 0.846 bits per heavy atom. The van der Waals surface area contributed by atoms with Crippen molar-refractivity contribution < 1.29 is 9.22 Å². The molecule has 0 bridgehead atoms. The molecule has 2 amide bonds. The van der Waals surface area contributed by atoms with Crippen LogP contribution in [0, 0.1) is 0 Å². The van der Waals surface area contributed by atoms with Crippen molar-refractivity contribution >= 4 is 14.3 Å². The number of rotatable bonds is 13. The van der Waals surface area contributed by atoms with Crippen LogP contribution >= 0.6 is 0 Å². The molecule has 0 aliphatic heterocycles. The first-order valence-electron chi connectivity index (χ1n) is 14.1. The molecule has 39 heavy (non-hydrogen) atoms. The summed E-state index contributed by atoms with van der Waals surface area (Å²) in [5.74, 6) is 0. The smallest absolute Gasteiger partial charge is 0.315 e. The van der Waals surface area contributed by atoms with E-state index >= 15 is 0 Å². The Morgan fingerprint density at radius 3 is 1.82 bits per heavy atom. The van der Waals surface area contributed by atoms with Crippen LogP contribution in [0.4, 0.5) is 4.79 Å². The van der Waals surface area contributed by atoms with Crippen LogP contribution < -0.4 is 10.6 Å². The van der Waals surface area contributed by atoms with E-state index in [1.165, 1.54) is 11.1 Å². The molecule has 3 aromatic rings. The van der Waals surface area contributed by atoms with E-state index in [4.69, 9.17) is 4.43 Å². The monoisotopic (exact) mass is 545 g/mol. The Labute approximate surface area is 237 Å². The van der Waals surface area contributed by atoms with Gasteiger partial charge in [-0.3, -0.25) is 4.90 Å². The maximum absolute atomic E-state index is 13.0. The van der Waals surface area contributed by atoms with Crippen molar-refractivity contribution in [3.63, 3.8) is 0 Å². The zero-order valence-corrected chi connectivity index (χ0v) is 25.6. The molecule has 0 saturated heterocycles. The highest BCUT2D eigenvalue weighted by Gasteiger charge is 2.37. The summed E-state index contributed by atoms with van der Waals surface area (Å²) in [4.78, 5) is 15.4. The predicted octanol–water partition coefficient (Wildman–Crippen LogP) is 7.53. The first kappa shape index (κ1) is 30.6. The molecule has 0 aliphatic carbocycles. The predicted molar refractivity (Wildman–Crippen MR) is 165 cm³/mol. The Morgan fingerprint density at radius 2 is 1.33 bits per heavy atom. The highest BCUT2D eigenvalue weighted by atomic mass is 28.4. The average molecular weight is 546 g/mol. The van der Waals surface area contributed by atoms with Gasteiger partial charge in [0.25, 0.3) is 0 Å². The van der Waals surface area contributed by atoms with Crippen LogP contribution in [0.15, 0.2) is 91.0 Å². The summed E-state index contributed by atoms with van der Waals surface area (Å²) in [5.41, 5.74) is 3.60. The Hall–Kier alpha value is -2.93. The minimum Gasteiger partial charge on any atom is -0.417 e. The van der Waals surface area contributed by atoms with Crippen LogP contribution in [0.5, 0.6) is 0 Å². The van der Waals surface area contributed by atoms with Gasteiger partial charge in [-0.05, 0) is 48.2 Å². The van der Waals surface area contributed by atoms with E-state index in [1.807, 2.05) is 37.3 Å². The van der Waals surface area contributed by atoms with E-state index in [0.717, 1.165) is 25.1 Å². The lowest BCUT2D eigenvalue weighted by Gasteiger charge is -2.38. The summed E-state index contributed by atoms with van der Waals surface area (Å²) in [6.45, 7) is 16.2. The van der Waals surface area contributed by atoms with Gasteiger partial charge in [0.1, 0.15) is 0 Å². The zero-order chi connectivity index (χ0) is 28.3. The van der Waals surface area contributed by atoms with Crippen molar-refractivity contribution in [1.82, 2.24) is 15.5 Å². The normalized spacial score (nSPS) is 13.6. The molecule has 0 saturated carbocycles. The summed E-state index contributed by atoms with van der Waals surface area (Å²) in [6, 6.07) is 31.0. The van der Waals surface area contributed by atoms with Gasteiger partial charge in [0, 0.05) is 32.3 Å². The molecule has 2 N–H and O–H groups in total. The van der Waals surface area contributed by atoms with Gasteiger partial charge in [-0.2, -0.15) is 0 Å². The third kappa shape index (κ3) is 9.95. The standard InChI is InChI=1S/C33H47N3O2Si/c1-27(30-20-14-9-15-21-30)35-32(37)34-24-31(22-23-38-39(5,6)33(2,3)4)36(25-28-16-10-7-11-17-28)26-29-18-12-8-13-19-29/h7-21,27,31H,22-26H2,1-6H3,(H2,34,35,37)/t27-,31-/m0/s1. The number of amides is 2. The van der Waals surface area contributed by atoms with Crippen LogP contribution in [0.2, 0.25) is 18.1 Å². The zero-order valence-electron chi connectivity index (χ0n) is 24.6. The number of carbonyl (C=O) groups excluding carboxylic acids is 1. The molecule has 6 heteroatoms. The summed E-state index contributed by atoms with van der Waals surface area (Å²) in [6.07, 6.45) is 0.834. The number of hydrogen-bond acceptors (Lipinski definition) is 3. The molecule has 0 aromatic heterocycles. The van der Waals surface area contributed by atoms with Crippen LogP contribution in [-0.4, -0.2) is 38.4 Å². The number of carbonyl (C=O) groups is 1. The Bertz CT molecular complexity index is 1080. The van der Waals surface area contributed by atoms with Gasteiger partial charge in [0.15, 0.2) is 8.32 Å². The van der Waals surface area contributed by atoms with Crippen molar-refractivity contribution in [3.8, 4) is 0 Å². The number of benzene rings is 3. The number of hydrogen-bond donors (Lipinski definition) is 2. The highest BCUT2D eigenvalue weighted by Crippen LogP contribution is 2.36. The molecule has 0 aliphatic rings. The van der Waals surface area contributed by atoms with Gasteiger partial charge < -0.3 is 15.1 Å². The summed E-state index contributed by atoms with van der Waals surface area (Å²) >= 11 is 0. The van der Waals surface area contributed by atoms with Crippen molar-refractivity contribution in [3.05, 3.63) is 108 Å². The molecule has 0 spiro atoms. The second kappa shape index (κ2) is 14.5. The minimum atomic E-state index is -1.88. The van der Waals surface area contributed by atoms with Gasteiger partial charge >= 0.3 is 6.03 Å². The second-order valence-electron chi connectivity index (χ2n) is 11.9. The van der Waals surface area contributed by atoms with Crippen LogP contribution in [0.1, 0.15) is 56.8 Å². The van der Waals surface area contributed by atoms with E-state index in [-0.39, 0.29) is 23.2 Å².